The van der Waals surface area contributed by atoms with Crippen LogP contribution in [0.5, 0.6) is 0 Å². The van der Waals surface area contributed by atoms with Crippen LogP contribution in [0.3, 0.4) is 0 Å². The zero-order valence-corrected chi connectivity index (χ0v) is 7.05. The fraction of sp³-hybridized carbons (Fsp3) is 0.778. The van der Waals surface area contributed by atoms with Gasteiger partial charge in [-0.2, -0.15) is 0 Å². The highest BCUT2D eigenvalue weighted by Gasteiger charge is 2.35. The molecule has 0 aromatic rings. The molecule has 0 aromatic carbocycles. The second-order valence-corrected chi connectivity index (χ2v) is 3.65. The Hall–Kier alpha value is -0.340. The molecule has 2 aliphatic rings. The molecule has 0 radical (unpaired) electrons. The number of hydrogen-bond donors (Lipinski definition) is 0. The Morgan fingerprint density at radius 3 is 3.09 bits per heavy atom. The van der Waals surface area contributed by atoms with Gasteiger partial charge < -0.3 is 9.64 Å². The lowest BCUT2D eigenvalue weighted by Gasteiger charge is -2.26. The third-order valence-corrected chi connectivity index (χ3v) is 2.73. The molecule has 11 heavy (non-hydrogen) atoms. The minimum atomic E-state index is 0.446. The first-order chi connectivity index (χ1) is 5.27. The summed E-state index contributed by atoms with van der Waals surface area (Å²) in [6.07, 6.45) is 1.51. The van der Waals surface area contributed by atoms with E-state index < -0.39 is 0 Å². The van der Waals surface area contributed by atoms with Crippen molar-refractivity contribution in [3.05, 3.63) is 12.2 Å². The van der Waals surface area contributed by atoms with E-state index in [1.165, 1.54) is 5.57 Å². The van der Waals surface area contributed by atoms with Crippen molar-refractivity contribution in [3.8, 4) is 0 Å². The van der Waals surface area contributed by atoms with Crippen LogP contribution in [0.1, 0.15) is 6.42 Å². The highest BCUT2D eigenvalue weighted by atomic mass is 16.5. The van der Waals surface area contributed by atoms with E-state index in [0.717, 1.165) is 26.1 Å². The van der Waals surface area contributed by atoms with E-state index in [1.807, 2.05) is 0 Å². The zero-order chi connectivity index (χ0) is 7.84. The average molecular weight is 153 g/mol. The van der Waals surface area contributed by atoms with Crippen molar-refractivity contribution >= 4 is 0 Å². The van der Waals surface area contributed by atoms with Crippen molar-refractivity contribution in [2.24, 2.45) is 5.92 Å². The maximum Gasteiger partial charge on any atom is 0.0779 e. The fourth-order valence-corrected chi connectivity index (χ4v) is 2.05. The molecular formula is C9H15NO. The van der Waals surface area contributed by atoms with E-state index in [0.29, 0.717) is 12.0 Å². The SMILES string of the molecule is C=C1CCOC2CN(C)CC12. The van der Waals surface area contributed by atoms with Gasteiger partial charge in [-0.3, -0.25) is 0 Å². The van der Waals surface area contributed by atoms with Gasteiger partial charge in [0.15, 0.2) is 0 Å². The van der Waals surface area contributed by atoms with Crippen molar-refractivity contribution in [1.82, 2.24) is 4.90 Å². The number of hydrogen-bond acceptors (Lipinski definition) is 2. The van der Waals surface area contributed by atoms with Crippen LogP contribution >= 0.6 is 0 Å². The molecule has 2 nitrogen and oxygen atoms in total. The molecule has 2 unspecified atom stereocenters. The van der Waals surface area contributed by atoms with Crippen LogP contribution in [0.15, 0.2) is 12.2 Å². The number of likely N-dealkylation sites (N-methyl/N-ethyl adjacent to an activating group) is 1. The van der Waals surface area contributed by atoms with Crippen molar-refractivity contribution in [2.75, 3.05) is 26.7 Å². The molecule has 0 saturated carbocycles. The molecule has 62 valence electrons. The molecule has 0 bridgehead atoms. The first-order valence-corrected chi connectivity index (χ1v) is 4.25. The normalized spacial score (nSPS) is 39.2. The molecule has 0 spiro atoms. The smallest absolute Gasteiger partial charge is 0.0779 e. The summed E-state index contributed by atoms with van der Waals surface area (Å²) in [7, 11) is 2.15. The lowest BCUT2D eigenvalue weighted by atomic mass is 9.93. The van der Waals surface area contributed by atoms with Crippen LogP contribution < -0.4 is 0 Å². The fourth-order valence-electron chi connectivity index (χ4n) is 2.05. The van der Waals surface area contributed by atoms with Crippen LogP contribution in [0.25, 0.3) is 0 Å². The largest absolute Gasteiger partial charge is 0.376 e. The standard InChI is InChI=1S/C9H15NO/c1-7-3-4-11-9-6-10(2)5-8(7)9/h8-9H,1,3-6H2,2H3. The van der Waals surface area contributed by atoms with Crippen molar-refractivity contribution in [2.45, 2.75) is 12.5 Å². The van der Waals surface area contributed by atoms with E-state index in [4.69, 9.17) is 4.74 Å². The van der Waals surface area contributed by atoms with Crippen LogP contribution in [-0.2, 0) is 4.74 Å². The van der Waals surface area contributed by atoms with Gasteiger partial charge in [0.1, 0.15) is 0 Å². The van der Waals surface area contributed by atoms with E-state index >= 15 is 0 Å². The molecule has 0 amide bonds. The number of ether oxygens (including phenoxy) is 1. The summed E-state index contributed by atoms with van der Waals surface area (Å²) in [4.78, 5) is 2.33. The molecule has 0 aliphatic carbocycles. The minimum absolute atomic E-state index is 0.446. The summed E-state index contributed by atoms with van der Waals surface area (Å²) in [6, 6.07) is 0. The van der Waals surface area contributed by atoms with Gasteiger partial charge in [-0.05, 0) is 13.5 Å². The van der Waals surface area contributed by atoms with Gasteiger partial charge in [-0.25, -0.2) is 0 Å². The van der Waals surface area contributed by atoms with Gasteiger partial charge in [0.2, 0.25) is 0 Å². The summed E-state index contributed by atoms with van der Waals surface area (Å²) in [5, 5.41) is 0. The Balaban J connectivity index is 2.09. The number of nitrogens with zero attached hydrogens (tertiary/aromatic N) is 1. The van der Waals surface area contributed by atoms with Gasteiger partial charge in [0.05, 0.1) is 12.7 Å². The average Bonchev–Trinajstić information content (AvgIpc) is 2.31. The summed E-state index contributed by atoms with van der Waals surface area (Å²) < 4.78 is 5.64. The molecule has 2 rings (SSSR count). The van der Waals surface area contributed by atoms with E-state index in [-0.39, 0.29) is 0 Å². The molecular weight excluding hydrogens is 138 g/mol. The van der Waals surface area contributed by atoms with Gasteiger partial charge >= 0.3 is 0 Å². The van der Waals surface area contributed by atoms with Crippen LogP contribution in [0.2, 0.25) is 0 Å². The lowest BCUT2D eigenvalue weighted by molar-refractivity contribution is 0.0231. The van der Waals surface area contributed by atoms with Crippen LogP contribution in [0, 0.1) is 5.92 Å². The summed E-state index contributed by atoms with van der Waals surface area (Å²) in [5.74, 6) is 0.619. The van der Waals surface area contributed by atoms with Crippen molar-refractivity contribution in [3.63, 3.8) is 0 Å². The predicted octanol–water partition coefficient (Wildman–Crippen LogP) is 0.893. The second kappa shape index (κ2) is 2.61. The number of likely N-dealkylation sites (tertiary alicyclic amines) is 1. The quantitative estimate of drug-likeness (QED) is 0.479. The van der Waals surface area contributed by atoms with Crippen LogP contribution in [-0.4, -0.2) is 37.7 Å². The first-order valence-electron chi connectivity index (χ1n) is 4.25. The summed E-state index contributed by atoms with van der Waals surface area (Å²) >= 11 is 0. The molecule has 2 atom stereocenters. The lowest BCUT2D eigenvalue weighted by Crippen LogP contribution is -2.29. The zero-order valence-electron chi connectivity index (χ0n) is 7.05. The summed E-state index contributed by atoms with van der Waals surface area (Å²) in [6.45, 7) is 7.20. The molecule has 0 N–H and O–H groups in total. The van der Waals surface area contributed by atoms with E-state index in [9.17, 15) is 0 Å². The Labute approximate surface area is 67.8 Å². The highest BCUT2D eigenvalue weighted by Crippen LogP contribution is 2.30. The predicted molar refractivity (Wildman–Crippen MR) is 44.5 cm³/mol. The monoisotopic (exact) mass is 153 g/mol. The molecule has 2 heteroatoms. The number of fused-ring (bicyclic) bond motifs is 1. The van der Waals surface area contributed by atoms with Gasteiger partial charge in [-0.1, -0.05) is 12.2 Å². The van der Waals surface area contributed by atoms with Gasteiger partial charge in [-0.15, -0.1) is 0 Å². The van der Waals surface area contributed by atoms with Crippen molar-refractivity contribution < 1.29 is 4.74 Å². The third kappa shape index (κ3) is 1.21. The third-order valence-electron chi connectivity index (χ3n) is 2.73. The Morgan fingerprint density at radius 1 is 1.55 bits per heavy atom. The first kappa shape index (κ1) is 7.32. The minimum Gasteiger partial charge on any atom is -0.376 e. The Kier molecular flexibility index (Phi) is 1.74. The van der Waals surface area contributed by atoms with Gasteiger partial charge in [0, 0.05) is 19.0 Å². The molecule has 2 fully saturated rings. The van der Waals surface area contributed by atoms with Crippen LogP contribution in [0.4, 0.5) is 0 Å². The van der Waals surface area contributed by atoms with E-state index in [2.05, 4.69) is 18.5 Å². The summed E-state index contributed by atoms with van der Waals surface area (Å²) in [5.41, 5.74) is 1.39. The Bertz CT molecular complexity index is 178. The topological polar surface area (TPSA) is 12.5 Å². The molecule has 2 heterocycles. The van der Waals surface area contributed by atoms with E-state index in [1.54, 1.807) is 0 Å². The number of rotatable bonds is 0. The van der Waals surface area contributed by atoms with Crippen molar-refractivity contribution in [1.29, 1.82) is 0 Å². The molecule has 2 saturated heterocycles. The van der Waals surface area contributed by atoms with Gasteiger partial charge in [0.25, 0.3) is 0 Å². The Morgan fingerprint density at radius 2 is 2.36 bits per heavy atom. The molecule has 2 aliphatic heterocycles. The maximum absolute atomic E-state index is 5.64. The molecule has 0 aromatic heterocycles. The maximum atomic E-state index is 5.64. The second-order valence-electron chi connectivity index (χ2n) is 3.65. The highest BCUT2D eigenvalue weighted by molar-refractivity contribution is 5.10.